The number of hydrogen-bond acceptors (Lipinski definition) is 7. The summed E-state index contributed by atoms with van der Waals surface area (Å²) < 4.78 is 5.36. The van der Waals surface area contributed by atoms with Gasteiger partial charge in [0.1, 0.15) is 5.69 Å². The number of H-pyrrole nitrogens is 1. The van der Waals surface area contributed by atoms with Crippen molar-refractivity contribution in [2.24, 2.45) is 0 Å². The fraction of sp³-hybridized carbons (Fsp3) is 0.391. The number of thiazole rings is 1. The predicted octanol–water partition coefficient (Wildman–Crippen LogP) is 3.34. The van der Waals surface area contributed by atoms with E-state index in [0.29, 0.717) is 37.0 Å². The summed E-state index contributed by atoms with van der Waals surface area (Å²) in [5, 5.41) is 10.4. The molecule has 1 aliphatic rings. The number of nitrogens with one attached hydrogen (secondary N) is 2. The number of nitrogens with zero attached hydrogens (tertiary/aromatic N) is 3. The van der Waals surface area contributed by atoms with Gasteiger partial charge in [0, 0.05) is 37.7 Å². The Bertz CT molecular complexity index is 1120. The summed E-state index contributed by atoms with van der Waals surface area (Å²) in [6.45, 7) is 7.86. The van der Waals surface area contributed by atoms with Crippen LogP contribution in [-0.4, -0.2) is 58.8 Å². The molecule has 3 heterocycles. The monoisotopic (exact) mass is 453 g/mol. The summed E-state index contributed by atoms with van der Waals surface area (Å²) in [6.07, 6.45) is 0.393. The number of anilines is 1. The lowest BCUT2D eigenvalue weighted by Gasteiger charge is -2.26. The van der Waals surface area contributed by atoms with Crippen LogP contribution < -0.4 is 10.9 Å². The van der Waals surface area contributed by atoms with Crippen LogP contribution in [0.4, 0.5) is 5.13 Å². The number of amides is 1. The Hall–Kier alpha value is -2.88. The van der Waals surface area contributed by atoms with Crippen molar-refractivity contribution >= 4 is 22.4 Å². The molecule has 2 aromatic heterocycles. The van der Waals surface area contributed by atoms with Crippen molar-refractivity contribution in [3.8, 4) is 21.8 Å². The molecular weight excluding hydrogens is 426 g/mol. The fourth-order valence-electron chi connectivity index (χ4n) is 3.63. The predicted molar refractivity (Wildman–Crippen MR) is 126 cm³/mol. The van der Waals surface area contributed by atoms with Crippen LogP contribution in [0.15, 0.2) is 41.2 Å². The molecule has 1 saturated heterocycles. The minimum Gasteiger partial charge on any atom is -0.379 e. The molecule has 1 amide bonds. The number of aromatic amines is 1. The second-order valence-electron chi connectivity index (χ2n) is 8.01. The number of benzene rings is 1. The van der Waals surface area contributed by atoms with Crippen molar-refractivity contribution in [3.63, 3.8) is 0 Å². The lowest BCUT2D eigenvalue weighted by atomic mass is 10.00. The third-order valence-electron chi connectivity index (χ3n) is 5.35. The molecule has 8 nitrogen and oxygen atoms in total. The van der Waals surface area contributed by atoms with Gasteiger partial charge in [0.2, 0.25) is 5.91 Å². The van der Waals surface area contributed by atoms with E-state index in [2.05, 4.69) is 20.4 Å². The van der Waals surface area contributed by atoms with Crippen LogP contribution in [-0.2, 0) is 9.53 Å². The first-order valence-corrected chi connectivity index (χ1v) is 11.6. The number of carbonyl (C=O) groups excluding carboxylic acids is 1. The third-order valence-corrected chi connectivity index (χ3v) is 6.33. The molecular formula is C23H27N5O3S. The van der Waals surface area contributed by atoms with E-state index in [-0.39, 0.29) is 17.4 Å². The molecule has 32 heavy (non-hydrogen) atoms. The standard InChI is InChI=1S/C23H27N5O3S/c1-15(2)17-14-19(30)26-27-21(17)22-20(16-6-4-3-5-7-16)25-23(32-22)24-18(29)8-9-28-10-12-31-13-11-28/h3-7,14-15H,8-13H2,1-2H3,(H,26,30)(H,24,25,29). The fourth-order valence-corrected chi connectivity index (χ4v) is 4.65. The molecule has 0 unspecified atom stereocenters. The van der Waals surface area contributed by atoms with Crippen molar-refractivity contribution in [1.29, 1.82) is 0 Å². The Kier molecular flexibility index (Phi) is 7.09. The Morgan fingerprint density at radius 3 is 2.69 bits per heavy atom. The van der Waals surface area contributed by atoms with E-state index in [9.17, 15) is 9.59 Å². The van der Waals surface area contributed by atoms with E-state index in [4.69, 9.17) is 9.72 Å². The second kappa shape index (κ2) is 10.2. The van der Waals surface area contributed by atoms with Crippen molar-refractivity contribution in [1.82, 2.24) is 20.1 Å². The first kappa shape index (κ1) is 22.3. The van der Waals surface area contributed by atoms with Crippen LogP contribution in [0.25, 0.3) is 21.8 Å². The molecule has 1 aliphatic heterocycles. The molecule has 0 saturated carbocycles. The van der Waals surface area contributed by atoms with E-state index < -0.39 is 0 Å². The molecule has 1 fully saturated rings. The number of morpholine rings is 1. The maximum atomic E-state index is 12.6. The van der Waals surface area contributed by atoms with Gasteiger partial charge in [0.05, 0.1) is 23.8 Å². The number of aromatic nitrogens is 3. The highest BCUT2D eigenvalue weighted by Gasteiger charge is 2.22. The molecule has 0 radical (unpaired) electrons. The van der Waals surface area contributed by atoms with Gasteiger partial charge in [-0.05, 0) is 11.5 Å². The molecule has 2 N–H and O–H groups in total. The Balaban J connectivity index is 1.62. The van der Waals surface area contributed by atoms with Crippen LogP contribution in [0.5, 0.6) is 0 Å². The van der Waals surface area contributed by atoms with Crippen LogP contribution in [0.1, 0.15) is 31.7 Å². The van der Waals surface area contributed by atoms with Gasteiger partial charge in [0.15, 0.2) is 5.13 Å². The summed E-state index contributed by atoms with van der Waals surface area (Å²) >= 11 is 1.37. The molecule has 9 heteroatoms. The van der Waals surface area contributed by atoms with E-state index in [1.54, 1.807) is 6.07 Å². The topological polar surface area (TPSA) is 100 Å². The molecule has 168 valence electrons. The SMILES string of the molecule is CC(C)c1cc(=O)[nH]nc1-c1sc(NC(=O)CCN2CCOCC2)nc1-c1ccccc1. The Labute approximate surface area is 190 Å². The zero-order valence-electron chi connectivity index (χ0n) is 18.3. The minimum atomic E-state index is -0.236. The number of carbonyl (C=O) groups is 1. The zero-order chi connectivity index (χ0) is 22.5. The third kappa shape index (κ3) is 5.29. The van der Waals surface area contributed by atoms with Crippen LogP contribution >= 0.6 is 11.3 Å². The van der Waals surface area contributed by atoms with Gasteiger partial charge in [-0.1, -0.05) is 55.5 Å². The highest BCUT2D eigenvalue weighted by atomic mass is 32.1. The van der Waals surface area contributed by atoms with Gasteiger partial charge in [-0.3, -0.25) is 14.5 Å². The Morgan fingerprint density at radius 2 is 1.97 bits per heavy atom. The summed E-state index contributed by atoms with van der Waals surface area (Å²) in [4.78, 5) is 32.3. The van der Waals surface area contributed by atoms with Crippen molar-refractivity contribution < 1.29 is 9.53 Å². The smallest absolute Gasteiger partial charge is 0.264 e. The average molecular weight is 454 g/mol. The zero-order valence-corrected chi connectivity index (χ0v) is 19.1. The van der Waals surface area contributed by atoms with E-state index >= 15 is 0 Å². The average Bonchev–Trinajstić information content (AvgIpc) is 3.22. The molecule has 0 atom stereocenters. The van der Waals surface area contributed by atoms with Gasteiger partial charge in [-0.2, -0.15) is 5.10 Å². The highest BCUT2D eigenvalue weighted by molar-refractivity contribution is 7.19. The van der Waals surface area contributed by atoms with Crippen molar-refractivity contribution in [2.45, 2.75) is 26.2 Å². The molecule has 0 bridgehead atoms. The number of rotatable bonds is 7. The quantitative estimate of drug-likeness (QED) is 0.569. The molecule has 0 spiro atoms. The van der Waals surface area contributed by atoms with E-state index in [1.165, 1.54) is 11.3 Å². The molecule has 1 aromatic carbocycles. The second-order valence-corrected chi connectivity index (χ2v) is 9.00. The summed E-state index contributed by atoms with van der Waals surface area (Å²) in [7, 11) is 0. The normalized spacial score (nSPS) is 14.6. The largest absolute Gasteiger partial charge is 0.379 e. The summed E-state index contributed by atoms with van der Waals surface area (Å²) in [5.41, 5.74) is 2.96. The summed E-state index contributed by atoms with van der Waals surface area (Å²) in [6, 6.07) is 11.4. The molecule has 0 aliphatic carbocycles. The lowest BCUT2D eigenvalue weighted by Crippen LogP contribution is -2.38. The Morgan fingerprint density at radius 1 is 1.22 bits per heavy atom. The first-order valence-electron chi connectivity index (χ1n) is 10.8. The van der Waals surface area contributed by atoms with Crippen molar-refractivity contribution in [2.75, 3.05) is 38.2 Å². The van der Waals surface area contributed by atoms with Crippen molar-refractivity contribution in [3.05, 3.63) is 52.3 Å². The van der Waals surface area contributed by atoms with Gasteiger partial charge in [-0.15, -0.1) is 0 Å². The maximum absolute atomic E-state index is 12.6. The van der Waals surface area contributed by atoms with E-state index in [1.807, 2.05) is 44.2 Å². The minimum absolute atomic E-state index is 0.0742. The van der Waals surface area contributed by atoms with Crippen LogP contribution in [0, 0.1) is 0 Å². The van der Waals surface area contributed by atoms with Gasteiger partial charge < -0.3 is 10.1 Å². The van der Waals surface area contributed by atoms with E-state index in [0.717, 1.165) is 34.8 Å². The van der Waals surface area contributed by atoms with Crippen LogP contribution in [0.2, 0.25) is 0 Å². The maximum Gasteiger partial charge on any atom is 0.264 e. The van der Waals surface area contributed by atoms with Crippen LogP contribution in [0.3, 0.4) is 0 Å². The molecule has 4 rings (SSSR count). The first-order chi connectivity index (χ1) is 15.5. The van der Waals surface area contributed by atoms with Gasteiger partial charge in [-0.25, -0.2) is 10.1 Å². The highest BCUT2D eigenvalue weighted by Crippen LogP contribution is 2.40. The lowest BCUT2D eigenvalue weighted by molar-refractivity contribution is -0.116. The number of hydrogen-bond donors (Lipinski definition) is 2. The van der Waals surface area contributed by atoms with Gasteiger partial charge >= 0.3 is 0 Å². The summed E-state index contributed by atoms with van der Waals surface area (Å²) in [5.74, 6) is 0.0343. The molecule has 3 aromatic rings. The van der Waals surface area contributed by atoms with Gasteiger partial charge in [0.25, 0.3) is 5.56 Å². The number of ether oxygens (including phenoxy) is 1.